The first-order chi connectivity index (χ1) is 9.45. The Balaban J connectivity index is 2.98. The van der Waals surface area contributed by atoms with E-state index in [9.17, 15) is 13.2 Å². The van der Waals surface area contributed by atoms with Gasteiger partial charge in [-0.1, -0.05) is 6.07 Å². The minimum atomic E-state index is -3.75. The molecule has 1 aromatic carbocycles. The average molecular weight is 313 g/mol. The van der Waals surface area contributed by atoms with Gasteiger partial charge in [-0.05, 0) is 45.4 Å². The highest BCUT2D eigenvalue weighted by Crippen LogP contribution is 2.23. The van der Waals surface area contributed by atoms with E-state index in [1.807, 2.05) is 20.8 Å². The molecule has 3 N–H and O–H groups in total. The number of nitrogen functional groups attached to an aromatic ring is 1. The summed E-state index contributed by atoms with van der Waals surface area (Å²) < 4.78 is 26.0. The van der Waals surface area contributed by atoms with E-state index < -0.39 is 15.6 Å². The van der Waals surface area contributed by atoms with Gasteiger partial charge in [0.1, 0.15) is 0 Å². The van der Waals surface area contributed by atoms with Gasteiger partial charge in [-0.2, -0.15) is 4.31 Å². The molecule has 0 aliphatic rings. The van der Waals surface area contributed by atoms with Crippen molar-refractivity contribution >= 4 is 21.6 Å². The minimum absolute atomic E-state index is 0.119. The van der Waals surface area contributed by atoms with Crippen molar-refractivity contribution in [2.75, 3.05) is 19.3 Å². The summed E-state index contributed by atoms with van der Waals surface area (Å²) in [4.78, 5) is 12.0. The third-order valence-electron chi connectivity index (χ3n) is 2.89. The Morgan fingerprint density at radius 1 is 1.33 bits per heavy atom. The fourth-order valence-electron chi connectivity index (χ4n) is 1.82. The summed E-state index contributed by atoms with van der Waals surface area (Å²) in [6, 6.07) is 4.71. The number of nitrogens with two attached hydrogens (primary N) is 1. The number of nitrogens with zero attached hydrogens (tertiary/aromatic N) is 1. The van der Waals surface area contributed by atoms with E-state index in [1.54, 1.807) is 19.1 Å². The first-order valence-corrected chi connectivity index (χ1v) is 8.01. The Morgan fingerprint density at radius 2 is 1.90 bits per heavy atom. The molecule has 0 bridgehead atoms. The lowest BCUT2D eigenvalue weighted by atomic mass is 10.1. The van der Waals surface area contributed by atoms with Crippen molar-refractivity contribution in [3.8, 4) is 0 Å². The average Bonchev–Trinajstić information content (AvgIpc) is 2.29. The van der Waals surface area contributed by atoms with Gasteiger partial charge in [0.2, 0.25) is 15.9 Å². The molecular formula is C14H23N3O3S. The number of benzene rings is 1. The summed E-state index contributed by atoms with van der Waals surface area (Å²) >= 11 is 0. The second kappa shape index (κ2) is 6.03. The maximum absolute atomic E-state index is 12.5. The molecule has 6 nitrogen and oxygen atoms in total. The standard InChI is InChI=1S/C14H23N3O3S/c1-10-11(15)7-6-8-12(10)21(19,20)17(5)9-13(18)16-14(2,3)4/h6-8H,9,15H2,1-5H3,(H,16,18). The van der Waals surface area contributed by atoms with Crippen molar-refractivity contribution in [3.63, 3.8) is 0 Å². The van der Waals surface area contributed by atoms with Crippen LogP contribution in [0.3, 0.4) is 0 Å². The lowest BCUT2D eigenvalue weighted by molar-refractivity contribution is -0.122. The molecule has 0 saturated carbocycles. The topological polar surface area (TPSA) is 92.5 Å². The van der Waals surface area contributed by atoms with Crippen molar-refractivity contribution in [2.24, 2.45) is 0 Å². The van der Waals surface area contributed by atoms with Gasteiger partial charge in [0, 0.05) is 18.3 Å². The molecule has 0 fully saturated rings. The number of anilines is 1. The second-order valence-corrected chi connectivity index (χ2v) is 8.04. The lowest BCUT2D eigenvalue weighted by Crippen LogP contribution is -2.46. The van der Waals surface area contributed by atoms with Gasteiger partial charge in [-0.15, -0.1) is 0 Å². The van der Waals surface area contributed by atoms with Crippen LogP contribution in [0.25, 0.3) is 0 Å². The van der Waals surface area contributed by atoms with Crippen LogP contribution in [0.15, 0.2) is 23.1 Å². The smallest absolute Gasteiger partial charge is 0.243 e. The molecular weight excluding hydrogens is 290 g/mol. The Kier molecular flexibility index (Phi) is 5.01. The highest BCUT2D eigenvalue weighted by molar-refractivity contribution is 7.89. The van der Waals surface area contributed by atoms with E-state index in [1.165, 1.54) is 13.1 Å². The van der Waals surface area contributed by atoms with E-state index in [0.717, 1.165) is 4.31 Å². The van der Waals surface area contributed by atoms with Crippen LogP contribution in [0.5, 0.6) is 0 Å². The van der Waals surface area contributed by atoms with Gasteiger partial charge >= 0.3 is 0 Å². The number of carbonyl (C=O) groups excluding carboxylic acids is 1. The normalized spacial score (nSPS) is 12.5. The molecule has 0 saturated heterocycles. The summed E-state index contributed by atoms with van der Waals surface area (Å²) in [5.41, 5.74) is 6.22. The molecule has 118 valence electrons. The molecule has 0 radical (unpaired) electrons. The zero-order valence-corrected chi connectivity index (χ0v) is 13.9. The predicted molar refractivity (Wildman–Crippen MR) is 83.3 cm³/mol. The number of rotatable bonds is 4. The molecule has 0 heterocycles. The predicted octanol–water partition coefficient (Wildman–Crippen LogP) is 1.11. The summed E-state index contributed by atoms with van der Waals surface area (Å²) in [5.74, 6) is -0.352. The number of amides is 1. The maximum Gasteiger partial charge on any atom is 0.243 e. The Morgan fingerprint density at radius 3 is 2.43 bits per heavy atom. The Bertz CT molecular complexity index is 633. The fourth-order valence-corrected chi connectivity index (χ4v) is 3.20. The third-order valence-corrected chi connectivity index (χ3v) is 4.84. The zero-order chi connectivity index (χ0) is 16.4. The van der Waals surface area contributed by atoms with Crippen LogP contribution in [-0.2, 0) is 14.8 Å². The molecule has 1 rings (SSSR count). The fraction of sp³-hybridized carbons (Fsp3) is 0.500. The van der Waals surface area contributed by atoms with Crippen molar-refractivity contribution in [1.29, 1.82) is 0 Å². The summed E-state index contributed by atoms with van der Waals surface area (Å²) in [7, 11) is -2.38. The van der Waals surface area contributed by atoms with E-state index in [4.69, 9.17) is 5.73 Å². The van der Waals surface area contributed by atoms with Crippen LogP contribution < -0.4 is 11.1 Å². The van der Waals surface area contributed by atoms with Crippen LogP contribution in [0.1, 0.15) is 26.3 Å². The van der Waals surface area contributed by atoms with Gasteiger partial charge < -0.3 is 11.1 Å². The summed E-state index contributed by atoms with van der Waals surface area (Å²) in [6.07, 6.45) is 0. The molecule has 0 spiro atoms. The van der Waals surface area contributed by atoms with Gasteiger partial charge in [0.15, 0.2) is 0 Å². The largest absolute Gasteiger partial charge is 0.398 e. The van der Waals surface area contributed by atoms with E-state index in [0.29, 0.717) is 11.3 Å². The molecule has 0 aromatic heterocycles. The molecule has 0 aliphatic heterocycles. The van der Waals surface area contributed by atoms with Crippen LogP contribution in [0.4, 0.5) is 5.69 Å². The van der Waals surface area contributed by atoms with E-state index in [-0.39, 0.29) is 17.3 Å². The number of hydrogen-bond donors (Lipinski definition) is 2. The van der Waals surface area contributed by atoms with Crippen molar-refractivity contribution in [2.45, 2.75) is 38.1 Å². The molecule has 21 heavy (non-hydrogen) atoms. The lowest BCUT2D eigenvalue weighted by Gasteiger charge is -2.23. The zero-order valence-electron chi connectivity index (χ0n) is 13.1. The van der Waals surface area contributed by atoms with Crippen LogP contribution in [-0.4, -0.2) is 37.8 Å². The molecule has 0 aliphatic carbocycles. The van der Waals surface area contributed by atoms with Gasteiger partial charge in [-0.25, -0.2) is 8.42 Å². The number of carbonyl (C=O) groups is 1. The minimum Gasteiger partial charge on any atom is -0.398 e. The summed E-state index contributed by atoms with van der Waals surface area (Å²) in [6.45, 7) is 6.91. The first-order valence-electron chi connectivity index (χ1n) is 6.57. The van der Waals surface area contributed by atoms with Crippen molar-refractivity contribution in [3.05, 3.63) is 23.8 Å². The van der Waals surface area contributed by atoms with Gasteiger partial charge in [0.25, 0.3) is 0 Å². The quantitative estimate of drug-likeness (QED) is 0.815. The SMILES string of the molecule is Cc1c(N)cccc1S(=O)(=O)N(C)CC(=O)NC(C)(C)C. The molecule has 0 unspecified atom stereocenters. The number of likely N-dealkylation sites (N-methyl/N-ethyl adjacent to an activating group) is 1. The number of sulfonamides is 1. The number of nitrogens with one attached hydrogen (secondary N) is 1. The maximum atomic E-state index is 12.5. The van der Waals surface area contributed by atoms with Crippen molar-refractivity contribution < 1.29 is 13.2 Å². The van der Waals surface area contributed by atoms with Crippen LogP contribution in [0.2, 0.25) is 0 Å². The van der Waals surface area contributed by atoms with Crippen molar-refractivity contribution in [1.82, 2.24) is 9.62 Å². The van der Waals surface area contributed by atoms with Crippen LogP contribution in [0, 0.1) is 6.92 Å². The molecule has 7 heteroatoms. The Hall–Kier alpha value is -1.60. The molecule has 1 aromatic rings. The van der Waals surface area contributed by atoms with E-state index >= 15 is 0 Å². The van der Waals surface area contributed by atoms with E-state index in [2.05, 4.69) is 5.32 Å². The highest BCUT2D eigenvalue weighted by atomic mass is 32.2. The molecule has 1 amide bonds. The monoisotopic (exact) mass is 313 g/mol. The molecule has 0 atom stereocenters. The van der Waals surface area contributed by atoms with Gasteiger partial charge in [-0.3, -0.25) is 4.79 Å². The highest BCUT2D eigenvalue weighted by Gasteiger charge is 2.26. The Labute approximate surface area is 126 Å². The second-order valence-electron chi connectivity index (χ2n) is 6.03. The van der Waals surface area contributed by atoms with Gasteiger partial charge in [0.05, 0.1) is 11.4 Å². The third kappa shape index (κ3) is 4.44. The summed E-state index contributed by atoms with van der Waals surface area (Å²) in [5, 5.41) is 2.73. The number of hydrogen-bond acceptors (Lipinski definition) is 4. The first kappa shape index (κ1) is 17.5. The van der Waals surface area contributed by atoms with Crippen LogP contribution >= 0.6 is 0 Å².